The van der Waals surface area contributed by atoms with Gasteiger partial charge in [-0.1, -0.05) is 12.1 Å². The Morgan fingerprint density at radius 3 is 3.07 bits per heavy atom. The first-order chi connectivity index (χ1) is 13.1. The molecule has 0 aliphatic carbocycles. The second kappa shape index (κ2) is 7.28. The predicted molar refractivity (Wildman–Crippen MR) is 97.9 cm³/mol. The maximum atomic E-state index is 13.9. The zero-order chi connectivity index (χ0) is 18.8. The summed E-state index contributed by atoms with van der Waals surface area (Å²) in [5.41, 5.74) is 1.77. The molecule has 0 aliphatic heterocycles. The van der Waals surface area contributed by atoms with E-state index in [0.717, 1.165) is 10.7 Å². The van der Waals surface area contributed by atoms with E-state index in [9.17, 15) is 9.18 Å². The highest BCUT2D eigenvalue weighted by Crippen LogP contribution is 2.24. The quantitative estimate of drug-likeness (QED) is 0.552. The van der Waals surface area contributed by atoms with E-state index in [2.05, 4.69) is 20.4 Å². The predicted octanol–water partition coefficient (Wildman–Crippen LogP) is 2.79. The van der Waals surface area contributed by atoms with E-state index in [4.69, 9.17) is 4.42 Å². The smallest absolute Gasteiger partial charge is 0.229 e. The van der Waals surface area contributed by atoms with Crippen molar-refractivity contribution in [3.63, 3.8) is 0 Å². The molecule has 0 spiro atoms. The van der Waals surface area contributed by atoms with E-state index >= 15 is 0 Å². The molecule has 0 aliphatic rings. The molecular weight excluding hydrogens is 369 g/mol. The first kappa shape index (κ1) is 17.3. The summed E-state index contributed by atoms with van der Waals surface area (Å²) >= 11 is 1.51. The van der Waals surface area contributed by atoms with Gasteiger partial charge in [0.2, 0.25) is 16.8 Å². The molecular formula is C18H16FN5O2S. The Bertz CT molecular complexity index is 1100. The number of hydrogen-bond acceptors (Lipinski definition) is 6. The molecule has 0 saturated carbocycles. The molecule has 7 nitrogen and oxygen atoms in total. The van der Waals surface area contributed by atoms with Crippen LogP contribution in [-0.4, -0.2) is 32.0 Å². The zero-order valence-corrected chi connectivity index (χ0v) is 15.3. The van der Waals surface area contributed by atoms with E-state index in [1.807, 2.05) is 5.38 Å². The lowest BCUT2D eigenvalue weighted by atomic mass is 10.2. The van der Waals surface area contributed by atoms with Gasteiger partial charge < -0.3 is 9.73 Å². The Labute approximate surface area is 157 Å². The average molecular weight is 385 g/mol. The van der Waals surface area contributed by atoms with Crippen molar-refractivity contribution in [2.75, 3.05) is 6.54 Å². The number of carbonyl (C=O) groups excluding carboxylic acids is 1. The fourth-order valence-electron chi connectivity index (χ4n) is 2.73. The van der Waals surface area contributed by atoms with Gasteiger partial charge in [0.25, 0.3) is 0 Å². The average Bonchev–Trinajstić information content (AvgIpc) is 3.33. The van der Waals surface area contributed by atoms with Crippen LogP contribution in [-0.2, 0) is 17.6 Å². The molecule has 27 heavy (non-hydrogen) atoms. The number of aromatic nitrogens is 4. The number of aryl methyl sites for hydroxylation is 1. The summed E-state index contributed by atoms with van der Waals surface area (Å²) in [6, 6.07) is 6.25. The molecule has 0 saturated heterocycles. The van der Waals surface area contributed by atoms with E-state index in [0.29, 0.717) is 24.4 Å². The number of benzene rings is 1. The first-order valence-corrected chi connectivity index (χ1v) is 9.24. The highest BCUT2D eigenvalue weighted by molar-refractivity contribution is 7.15. The Morgan fingerprint density at radius 2 is 2.22 bits per heavy atom. The summed E-state index contributed by atoms with van der Waals surface area (Å²) in [6.07, 6.45) is 2.23. The van der Waals surface area contributed by atoms with Crippen molar-refractivity contribution in [3.8, 4) is 11.5 Å². The summed E-state index contributed by atoms with van der Waals surface area (Å²) < 4.78 is 21.2. The minimum Gasteiger partial charge on any atom is -0.441 e. The van der Waals surface area contributed by atoms with Crippen LogP contribution in [0, 0.1) is 12.7 Å². The molecule has 0 atom stereocenters. The number of nitrogens with zero attached hydrogens (tertiary/aromatic N) is 4. The van der Waals surface area contributed by atoms with Crippen LogP contribution in [0.25, 0.3) is 16.4 Å². The number of halogens is 1. The van der Waals surface area contributed by atoms with Crippen LogP contribution in [0.4, 0.5) is 4.39 Å². The molecule has 0 unspecified atom stereocenters. The minimum absolute atomic E-state index is 0.0756. The van der Waals surface area contributed by atoms with Crippen LogP contribution in [0.15, 0.2) is 40.4 Å². The van der Waals surface area contributed by atoms with Crippen molar-refractivity contribution >= 4 is 22.2 Å². The highest BCUT2D eigenvalue weighted by atomic mass is 32.1. The fourth-order valence-corrected chi connectivity index (χ4v) is 3.56. The van der Waals surface area contributed by atoms with E-state index in [1.165, 1.54) is 23.7 Å². The van der Waals surface area contributed by atoms with Crippen LogP contribution in [0.2, 0.25) is 0 Å². The molecule has 3 aromatic heterocycles. The number of nitrogens with one attached hydrogen (secondary N) is 1. The van der Waals surface area contributed by atoms with Gasteiger partial charge in [-0.3, -0.25) is 4.79 Å². The molecule has 1 N–H and O–H groups in total. The summed E-state index contributed by atoms with van der Waals surface area (Å²) in [6.45, 7) is 2.19. The number of thiazole rings is 1. The molecule has 3 heterocycles. The van der Waals surface area contributed by atoms with Gasteiger partial charge in [0, 0.05) is 18.3 Å². The molecule has 0 fully saturated rings. The standard InChI is InChI=1S/C18H16FN5O2S/c1-11-15(23-17(26-11)13-4-2-3-5-14(13)19)8-16(25)20-7-6-12-9-27-18-21-10-22-24(12)18/h2-5,9-10H,6-8H2,1H3,(H,20,25). The third-order valence-corrected chi connectivity index (χ3v) is 5.00. The number of carbonyl (C=O) groups is 1. The molecule has 4 aromatic rings. The van der Waals surface area contributed by atoms with Crippen LogP contribution < -0.4 is 5.32 Å². The molecule has 138 valence electrons. The summed E-state index contributed by atoms with van der Waals surface area (Å²) in [7, 11) is 0. The van der Waals surface area contributed by atoms with Gasteiger partial charge in [0.05, 0.1) is 23.4 Å². The van der Waals surface area contributed by atoms with Gasteiger partial charge in [0.15, 0.2) is 0 Å². The lowest BCUT2D eigenvalue weighted by Crippen LogP contribution is -2.27. The summed E-state index contributed by atoms with van der Waals surface area (Å²) in [5.74, 6) is 0.104. The number of amides is 1. The third-order valence-electron chi connectivity index (χ3n) is 4.12. The normalized spacial score (nSPS) is 11.2. The molecule has 4 rings (SSSR count). The molecule has 1 aromatic carbocycles. The van der Waals surface area contributed by atoms with E-state index < -0.39 is 5.82 Å². The van der Waals surface area contributed by atoms with Gasteiger partial charge in [-0.25, -0.2) is 18.9 Å². The van der Waals surface area contributed by atoms with Crippen molar-refractivity contribution < 1.29 is 13.6 Å². The van der Waals surface area contributed by atoms with Crippen LogP contribution in [0.5, 0.6) is 0 Å². The first-order valence-electron chi connectivity index (χ1n) is 8.36. The minimum atomic E-state index is -0.412. The van der Waals surface area contributed by atoms with E-state index in [-0.39, 0.29) is 23.8 Å². The Kier molecular flexibility index (Phi) is 4.68. The number of fused-ring (bicyclic) bond motifs is 1. The van der Waals surface area contributed by atoms with Crippen molar-refractivity contribution in [3.05, 3.63) is 58.9 Å². The van der Waals surface area contributed by atoms with Gasteiger partial charge in [0.1, 0.15) is 17.9 Å². The van der Waals surface area contributed by atoms with Crippen LogP contribution >= 0.6 is 11.3 Å². The molecule has 0 radical (unpaired) electrons. The van der Waals surface area contributed by atoms with Crippen molar-refractivity contribution in [1.29, 1.82) is 0 Å². The number of hydrogen-bond donors (Lipinski definition) is 1. The van der Waals surface area contributed by atoms with Crippen molar-refractivity contribution in [2.45, 2.75) is 19.8 Å². The Morgan fingerprint density at radius 1 is 1.37 bits per heavy atom. The second-order valence-electron chi connectivity index (χ2n) is 5.96. The van der Waals surface area contributed by atoms with Gasteiger partial charge in [-0.15, -0.1) is 11.3 Å². The molecule has 9 heteroatoms. The van der Waals surface area contributed by atoms with Crippen molar-refractivity contribution in [2.24, 2.45) is 0 Å². The van der Waals surface area contributed by atoms with E-state index in [1.54, 1.807) is 29.6 Å². The monoisotopic (exact) mass is 385 g/mol. The molecule has 1 amide bonds. The third kappa shape index (κ3) is 3.59. The van der Waals surface area contributed by atoms with Crippen LogP contribution in [0.3, 0.4) is 0 Å². The lowest BCUT2D eigenvalue weighted by Gasteiger charge is -2.03. The number of rotatable bonds is 6. The maximum absolute atomic E-state index is 13.9. The van der Waals surface area contributed by atoms with Crippen LogP contribution in [0.1, 0.15) is 17.1 Å². The second-order valence-corrected chi connectivity index (χ2v) is 6.80. The Hall–Kier alpha value is -3.07. The Balaban J connectivity index is 1.37. The van der Waals surface area contributed by atoms with Crippen molar-refractivity contribution in [1.82, 2.24) is 24.9 Å². The number of oxazole rings is 1. The largest absolute Gasteiger partial charge is 0.441 e. The SMILES string of the molecule is Cc1oc(-c2ccccc2F)nc1CC(=O)NCCc1csc2ncnn12. The fraction of sp³-hybridized carbons (Fsp3) is 0.222. The lowest BCUT2D eigenvalue weighted by molar-refractivity contribution is -0.120. The summed E-state index contributed by atoms with van der Waals surface area (Å²) in [4.78, 5) is 21.5. The summed E-state index contributed by atoms with van der Waals surface area (Å²) in [5, 5.41) is 8.98. The van der Waals surface area contributed by atoms with Gasteiger partial charge in [-0.05, 0) is 19.1 Å². The topological polar surface area (TPSA) is 85.3 Å². The van der Waals surface area contributed by atoms with Gasteiger partial charge >= 0.3 is 0 Å². The highest BCUT2D eigenvalue weighted by Gasteiger charge is 2.16. The molecule has 0 bridgehead atoms. The van der Waals surface area contributed by atoms with Gasteiger partial charge in [-0.2, -0.15) is 5.10 Å². The maximum Gasteiger partial charge on any atom is 0.229 e. The zero-order valence-electron chi connectivity index (χ0n) is 14.5.